The molecule has 3 rings (SSSR count). The van der Waals surface area contributed by atoms with Gasteiger partial charge in [0, 0.05) is 25.0 Å². The predicted molar refractivity (Wildman–Crippen MR) is 79.7 cm³/mol. The summed E-state index contributed by atoms with van der Waals surface area (Å²) in [6.45, 7) is 0.728. The Morgan fingerprint density at radius 2 is 2.15 bits per heavy atom. The lowest BCUT2D eigenvalue weighted by Gasteiger charge is -2.24. The first kappa shape index (κ1) is 12.7. The van der Waals surface area contributed by atoms with E-state index in [2.05, 4.69) is 26.3 Å². The fourth-order valence-electron chi connectivity index (χ4n) is 2.41. The summed E-state index contributed by atoms with van der Waals surface area (Å²) in [6, 6.07) is 10.8. The molecule has 1 aromatic carbocycles. The second-order valence-corrected chi connectivity index (χ2v) is 4.97. The van der Waals surface area contributed by atoms with Gasteiger partial charge in [-0.15, -0.1) is 0 Å². The molecular formula is C15H17N5. The second kappa shape index (κ2) is 5.33. The van der Waals surface area contributed by atoms with Crippen LogP contribution in [0.3, 0.4) is 0 Å². The molecule has 1 aliphatic rings. The van der Waals surface area contributed by atoms with Gasteiger partial charge in [0.1, 0.15) is 5.82 Å². The molecule has 102 valence electrons. The van der Waals surface area contributed by atoms with Crippen LogP contribution in [0.1, 0.15) is 19.3 Å². The Labute approximate surface area is 118 Å². The van der Waals surface area contributed by atoms with Crippen LogP contribution in [-0.2, 0) is 0 Å². The Balaban J connectivity index is 2.09. The van der Waals surface area contributed by atoms with Crippen LogP contribution in [0.2, 0.25) is 0 Å². The molecule has 1 aromatic heterocycles. The second-order valence-electron chi connectivity index (χ2n) is 4.97. The minimum Gasteiger partial charge on any atom is -0.357 e. The number of hydrogen-bond acceptors (Lipinski definition) is 5. The number of hydrogen-bond donors (Lipinski definition) is 1. The SMILES string of the molecule is CNc1nc(N(CCC#N)C2CC2)c2ccccc2n1. The van der Waals surface area contributed by atoms with Crippen molar-refractivity contribution in [3.8, 4) is 6.07 Å². The van der Waals surface area contributed by atoms with E-state index < -0.39 is 0 Å². The highest BCUT2D eigenvalue weighted by atomic mass is 15.3. The zero-order valence-corrected chi connectivity index (χ0v) is 11.5. The van der Waals surface area contributed by atoms with Gasteiger partial charge in [0.25, 0.3) is 0 Å². The predicted octanol–water partition coefficient (Wildman–Crippen LogP) is 2.55. The number of para-hydroxylation sites is 1. The lowest BCUT2D eigenvalue weighted by atomic mass is 10.2. The Bertz CT molecular complexity index is 657. The Hall–Kier alpha value is -2.35. The number of rotatable bonds is 5. The minimum atomic E-state index is 0.518. The van der Waals surface area contributed by atoms with E-state index in [-0.39, 0.29) is 0 Å². The normalized spacial score (nSPS) is 14.0. The van der Waals surface area contributed by atoms with Gasteiger partial charge < -0.3 is 10.2 Å². The van der Waals surface area contributed by atoms with Crippen molar-refractivity contribution < 1.29 is 0 Å². The quantitative estimate of drug-likeness (QED) is 0.902. The molecule has 2 aromatic rings. The van der Waals surface area contributed by atoms with E-state index in [4.69, 9.17) is 5.26 Å². The molecule has 20 heavy (non-hydrogen) atoms. The van der Waals surface area contributed by atoms with Gasteiger partial charge in [0.2, 0.25) is 5.95 Å². The van der Waals surface area contributed by atoms with Gasteiger partial charge in [0.15, 0.2) is 0 Å². The first-order valence-electron chi connectivity index (χ1n) is 6.91. The average Bonchev–Trinajstić information content (AvgIpc) is 3.32. The number of benzene rings is 1. The highest BCUT2D eigenvalue weighted by Crippen LogP contribution is 2.34. The van der Waals surface area contributed by atoms with Gasteiger partial charge in [-0.1, -0.05) is 12.1 Å². The molecule has 1 N–H and O–H groups in total. The van der Waals surface area contributed by atoms with E-state index in [1.807, 2.05) is 31.3 Å². The van der Waals surface area contributed by atoms with Gasteiger partial charge in [-0.25, -0.2) is 4.98 Å². The van der Waals surface area contributed by atoms with E-state index >= 15 is 0 Å². The number of anilines is 2. The smallest absolute Gasteiger partial charge is 0.224 e. The van der Waals surface area contributed by atoms with Crippen LogP contribution < -0.4 is 10.2 Å². The molecule has 0 radical (unpaired) electrons. The Morgan fingerprint density at radius 1 is 1.35 bits per heavy atom. The number of nitrogens with one attached hydrogen (secondary N) is 1. The third kappa shape index (κ3) is 2.37. The van der Waals surface area contributed by atoms with Crippen molar-refractivity contribution in [2.45, 2.75) is 25.3 Å². The maximum Gasteiger partial charge on any atom is 0.224 e. The third-order valence-corrected chi connectivity index (χ3v) is 3.53. The molecule has 1 saturated carbocycles. The first-order valence-corrected chi connectivity index (χ1v) is 6.91. The molecule has 0 spiro atoms. The summed E-state index contributed by atoms with van der Waals surface area (Å²) >= 11 is 0. The van der Waals surface area contributed by atoms with Gasteiger partial charge in [-0.2, -0.15) is 10.2 Å². The minimum absolute atomic E-state index is 0.518. The van der Waals surface area contributed by atoms with Crippen molar-refractivity contribution in [1.29, 1.82) is 5.26 Å². The number of nitriles is 1. The number of nitrogens with zero attached hydrogens (tertiary/aromatic N) is 4. The van der Waals surface area contributed by atoms with Gasteiger partial charge in [-0.3, -0.25) is 0 Å². The fraction of sp³-hybridized carbons (Fsp3) is 0.400. The van der Waals surface area contributed by atoms with E-state index in [9.17, 15) is 0 Å². The highest BCUT2D eigenvalue weighted by Gasteiger charge is 2.31. The van der Waals surface area contributed by atoms with Crippen molar-refractivity contribution in [1.82, 2.24) is 9.97 Å². The van der Waals surface area contributed by atoms with E-state index in [1.165, 1.54) is 12.8 Å². The molecule has 0 bridgehead atoms. The standard InChI is InChI=1S/C15H17N5/c1-17-15-18-13-6-3-2-5-12(13)14(19-15)20(10-4-9-16)11-7-8-11/h2-3,5-6,11H,4,7-8,10H2,1H3,(H,17,18,19). The van der Waals surface area contributed by atoms with Crippen LogP contribution in [0.15, 0.2) is 24.3 Å². The first-order chi connectivity index (χ1) is 9.83. The zero-order valence-electron chi connectivity index (χ0n) is 11.5. The van der Waals surface area contributed by atoms with Crippen LogP contribution in [0, 0.1) is 11.3 Å². The molecule has 0 aliphatic heterocycles. The van der Waals surface area contributed by atoms with Gasteiger partial charge in [0.05, 0.1) is 18.0 Å². The monoisotopic (exact) mass is 267 g/mol. The maximum atomic E-state index is 8.86. The number of fused-ring (bicyclic) bond motifs is 1. The van der Waals surface area contributed by atoms with Crippen molar-refractivity contribution in [2.24, 2.45) is 0 Å². The summed E-state index contributed by atoms with van der Waals surface area (Å²) in [5.74, 6) is 1.57. The van der Waals surface area contributed by atoms with Crippen LogP contribution >= 0.6 is 0 Å². The molecule has 0 unspecified atom stereocenters. The van der Waals surface area contributed by atoms with Crippen LogP contribution in [0.4, 0.5) is 11.8 Å². The van der Waals surface area contributed by atoms with Crippen LogP contribution in [-0.4, -0.2) is 29.6 Å². The summed E-state index contributed by atoms with van der Waals surface area (Å²) in [5.41, 5.74) is 0.935. The molecule has 5 heteroatoms. The molecule has 0 atom stereocenters. The van der Waals surface area contributed by atoms with E-state index in [1.54, 1.807) is 0 Å². The molecule has 5 nitrogen and oxygen atoms in total. The molecular weight excluding hydrogens is 250 g/mol. The largest absolute Gasteiger partial charge is 0.357 e. The lowest BCUT2D eigenvalue weighted by Crippen LogP contribution is -2.28. The molecule has 0 saturated heterocycles. The third-order valence-electron chi connectivity index (χ3n) is 3.53. The molecule has 1 fully saturated rings. The fourth-order valence-corrected chi connectivity index (χ4v) is 2.41. The molecule has 0 amide bonds. The van der Waals surface area contributed by atoms with Crippen LogP contribution in [0.5, 0.6) is 0 Å². The highest BCUT2D eigenvalue weighted by molar-refractivity contribution is 5.90. The topological polar surface area (TPSA) is 64.8 Å². The van der Waals surface area contributed by atoms with Crippen molar-refractivity contribution in [3.63, 3.8) is 0 Å². The Morgan fingerprint density at radius 3 is 2.85 bits per heavy atom. The van der Waals surface area contributed by atoms with E-state index in [0.717, 1.165) is 23.3 Å². The summed E-state index contributed by atoms with van der Waals surface area (Å²) < 4.78 is 0. The molecule has 1 heterocycles. The Kier molecular flexibility index (Phi) is 3.38. The van der Waals surface area contributed by atoms with Crippen molar-refractivity contribution >= 4 is 22.7 Å². The lowest BCUT2D eigenvalue weighted by molar-refractivity contribution is 0.781. The summed E-state index contributed by atoms with van der Waals surface area (Å²) in [5, 5.41) is 12.9. The summed E-state index contributed by atoms with van der Waals surface area (Å²) in [4.78, 5) is 11.4. The summed E-state index contributed by atoms with van der Waals surface area (Å²) in [7, 11) is 1.82. The average molecular weight is 267 g/mol. The maximum absolute atomic E-state index is 8.86. The van der Waals surface area contributed by atoms with Gasteiger partial charge in [-0.05, 0) is 25.0 Å². The van der Waals surface area contributed by atoms with Crippen LogP contribution in [0.25, 0.3) is 10.9 Å². The van der Waals surface area contributed by atoms with Crippen molar-refractivity contribution in [3.05, 3.63) is 24.3 Å². The summed E-state index contributed by atoms with van der Waals surface area (Å²) in [6.07, 6.45) is 2.88. The van der Waals surface area contributed by atoms with Gasteiger partial charge >= 0.3 is 0 Å². The van der Waals surface area contributed by atoms with Crippen molar-refractivity contribution in [2.75, 3.05) is 23.8 Å². The molecule has 1 aliphatic carbocycles. The number of aromatic nitrogens is 2. The zero-order chi connectivity index (χ0) is 13.9. The van der Waals surface area contributed by atoms with E-state index in [0.29, 0.717) is 18.4 Å².